The van der Waals surface area contributed by atoms with Crippen LogP contribution in [0.3, 0.4) is 0 Å². The second-order valence-corrected chi connectivity index (χ2v) is 6.87. The second-order valence-electron chi connectivity index (χ2n) is 6.87. The summed E-state index contributed by atoms with van der Waals surface area (Å²) in [5.74, 6) is -0.234. The topological polar surface area (TPSA) is 38.7 Å². The smallest absolute Gasteiger partial charge is 0.498 e. The van der Waals surface area contributed by atoms with Gasteiger partial charge in [0.15, 0.2) is 0 Å². The van der Waals surface area contributed by atoms with Gasteiger partial charge in [0.2, 0.25) is 0 Å². The van der Waals surface area contributed by atoms with Gasteiger partial charge in [0.05, 0.1) is 11.2 Å². The van der Waals surface area contributed by atoms with Crippen molar-refractivity contribution in [3.05, 3.63) is 48.3 Å². The Labute approximate surface area is 136 Å². The molecule has 3 rings (SSSR count). The minimum atomic E-state index is -0.624. The van der Waals surface area contributed by atoms with E-state index in [1.165, 1.54) is 12.1 Å². The molecule has 1 N–H and O–H groups in total. The van der Waals surface area contributed by atoms with Gasteiger partial charge in [-0.25, -0.2) is 4.39 Å². The fourth-order valence-corrected chi connectivity index (χ4v) is 2.56. The molecule has 1 fully saturated rings. The van der Waals surface area contributed by atoms with Gasteiger partial charge in [-0.2, -0.15) is 0 Å². The SMILES string of the molecule is CC1(C)OB(c2ccc(-c3cccc(F)c3)cc2O)OC1(C)C. The molecule has 1 aliphatic heterocycles. The van der Waals surface area contributed by atoms with Crippen molar-refractivity contribution in [1.82, 2.24) is 0 Å². The summed E-state index contributed by atoms with van der Waals surface area (Å²) in [6, 6.07) is 11.5. The third kappa shape index (κ3) is 2.86. The molecule has 1 heterocycles. The third-order valence-corrected chi connectivity index (χ3v) is 4.70. The minimum Gasteiger partial charge on any atom is -0.508 e. The van der Waals surface area contributed by atoms with Crippen molar-refractivity contribution in [2.75, 3.05) is 0 Å². The van der Waals surface area contributed by atoms with Crippen LogP contribution in [-0.4, -0.2) is 23.4 Å². The maximum Gasteiger partial charge on any atom is 0.498 e. The van der Waals surface area contributed by atoms with Gasteiger partial charge >= 0.3 is 7.12 Å². The number of aromatic hydroxyl groups is 1. The molecule has 0 spiro atoms. The summed E-state index contributed by atoms with van der Waals surface area (Å²) in [6.07, 6.45) is 0. The summed E-state index contributed by atoms with van der Waals surface area (Å²) in [6.45, 7) is 7.85. The first-order valence-corrected chi connectivity index (χ1v) is 7.64. The second kappa shape index (κ2) is 5.36. The third-order valence-electron chi connectivity index (χ3n) is 4.70. The van der Waals surface area contributed by atoms with Gasteiger partial charge in [-0.1, -0.05) is 24.3 Å². The molecule has 0 aromatic heterocycles. The van der Waals surface area contributed by atoms with Crippen LogP contribution in [0, 0.1) is 5.82 Å². The molecular formula is C18H20BFO3. The molecule has 1 saturated heterocycles. The number of halogens is 1. The molecule has 3 nitrogen and oxygen atoms in total. The number of rotatable bonds is 2. The van der Waals surface area contributed by atoms with E-state index in [9.17, 15) is 9.50 Å². The Bertz CT molecular complexity index is 727. The normalized spacial score (nSPS) is 19.1. The van der Waals surface area contributed by atoms with E-state index in [-0.39, 0.29) is 11.6 Å². The van der Waals surface area contributed by atoms with Crippen molar-refractivity contribution in [2.24, 2.45) is 0 Å². The fraction of sp³-hybridized carbons (Fsp3) is 0.333. The fourth-order valence-electron chi connectivity index (χ4n) is 2.56. The van der Waals surface area contributed by atoms with Gasteiger partial charge in [0.25, 0.3) is 0 Å². The van der Waals surface area contributed by atoms with Gasteiger partial charge in [-0.05, 0) is 57.0 Å². The predicted octanol–water partition coefficient (Wildman–Crippen LogP) is 3.50. The van der Waals surface area contributed by atoms with Crippen LogP contribution in [0.5, 0.6) is 5.75 Å². The summed E-state index contributed by atoms with van der Waals surface area (Å²) in [5.41, 5.74) is 1.09. The lowest BCUT2D eigenvalue weighted by Gasteiger charge is -2.32. The Kier molecular flexibility index (Phi) is 3.73. The van der Waals surface area contributed by atoms with E-state index in [0.29, 0.717) is 11.0 Å². The zero-order valence-electron chi connectivity index (χ0n) is 13.8. The average molecular weight is 314 g/mol. The highest BCUT2D eigenvalue weighted by atomic mass is 19.1. The zero-order chi connectivity index (χ0) is 16.8. The maximum atomic E-state index is 13.3. The highest BCUT2D eigenvalue weighted by molar-refractivity contribution is 6.63. The number of benzene rings is 2. The molecule has 0 bridgehead atoms. The van der Waals surface area contributed by atoms with Crippen LogP contribution in [0.25, 0.3) is 11.1 Å². The van der Waals surface area contributed by atoms with Gasteiger partial charge in [-0.3, -0.25) is 0 Å². The molecule has 5 heteroatoms. The lowest BCUT2D eigenvalue weighted by molar-refractivity contribution is 0.00578. The van der Waals surface area contributed by atoms with Gasteiger partial charge in [0.1, 0.15) is 11.6 Å². The number of hydrogen-bond donors (Lipinski definition) is 1. The first kappa shape index (κ1) is 16.0. The monoisotopic (exact) mass is 314 g/mol. The van der Waals surface area contributed by atoms with Crippen molar-refractivity contribution in [3.8, 4) is 16.9 Å². The largest absolute Gasteiger partial charge is 0.508 e. The predicted molar refractivity (Wildman–Crippen MR) is 89.2 cm³/mol. The summed E-state index contributed by atoms with van der Waals surface area (Å²) < 4.78 is 25.3. The van der Waals surface area contributed by atoms with Crippen LogP contribution in [0.2, 0.25) is 0 Å². The Balaban J connectivity index is 1.92. The molecular weight excluding hydrogens is 294 g/mol. The van der Waals surface area contributed by atoms with Crippen LogP contribution in [0.4, 0.5) is 4.39 Å². The Morgan fingerprint density at radius 2 is 1.52 bits per heavy atom. The number of hydrogen-bond acceptors (Lipinski definition) is 3. The van der Waals surface area contributed by atoms with E-state index in [1.807, 2.05) is 33.8 Å². The summed E-state index contributed by atoms with van der Waals surface area (Å²) >= 11 is 0. The Morgan fingerprint density at radius 1 is 0.913 bits per heavy atom. The van der Waals surface area contributed by atoms with Crippen LogP contribution in [0.15, 0.2) is 42.5 Å². The average Bonchev–Trinajstić information content (AvgIpc) is 2.67. The van der Waals surface area contributed by atoms with E-state index in [1.54, 1.807) is 24.3 Å². The van der Waals surface area contributed by atoms with Crippen LogP contribution >= 0.6 is 0 Å². The molecule has 1 aliphatic rings. The molecule has 0 saturated carbocycles. The molecule has 0 aliphatic carbocycles. The van der Waals surface area contributed by atoms with Crippen molar-refractivity contribution in [2.45, 2.75) is 38.9 Å². The minimum absolute atomic E-state index is 0.0743. The molecule has 0 atom stereocenters. The number of phenolic OH excluding ortho intramolecular Hbond substituents is 1. The van der Waals surface area contributed by atoms with Gasteiger partial charge < -0.3 is 14.4 Å². The number of phenols is 1. The van der Waals surface area contributed by atoms with E-state index in [0.717, 1.165) is 5.56 Å². The van der Waals surface area contributed by atoms with Crippen molar-refractivity contribution in [3.63, 3.8) is 0 Å². The highest BCUT2D eigenvalue weighted by Gasteiger charge is 2.52. The van der Waals surface area contributed by atoms with E-state index in [2.05, 4.69) is 0 Å². The quantitative estimate of drug-likeness (QED) is 0.862. The van der Waals surface area contributed by atoms with Gasteiger partial charge in [-0.15, -0.1) is 0 Å². The first-order chi connectivity index (χ1) is 10.7. The van der Waals surface area contributed by atoms with Crippen LogP contribution in [0.1, 0.15) is 27.7 Å². The van der Waals surface area contributed by atoms with E-state index >= 15 is 0 Å². The lowest BCUT2D eigenvalue weighted by atomic mass is 9.77. The molecule has 2 aromatic rings. The molecule has 0 radical (unpaired) electrons. The van der Waals surface area contributed by atoms with Crippen molar-refractivity contribution >= 4 is 12.6 Å². The molecule has 0 unspecified atom stereocenters. The maximum absolute atomic E-state index is 13.3. The van der Waals surface area contributed by atoms with Gasteiger partial charge in [0, 0.05) is 5.46 Å². The van der Waals surface area contributed by atoms with E-state index in [4.69, 9.17) is 9.31 Å². The molecule has 2 aromatic carbocycles. The standard InChI is InChI=1S/C18H20BFO3/c1-17(2)18(3,4)23-19(22-17)15-9-8-13(11-16(15)21)12-6-5-7-14(20)10-12/h5-11,21H,1-4H3. The molecule has 23 heavy (non-hydrogen) atoms. The first-order valence-electron chi connectivity index (χ1n) is 7.64. The highest BCUT2D eigenvalue weighted by Crippen LogP contribution is 2.37. The van der Waals surface area contributed by atoms with Crippen molar-refractivity contribution < 1.29 is 18.8 Å². The lowest BCUT2D eigenvalue weighted by Crippen LogP contribution is -2.41. The molecule has 120 valence electrons. The molecule has 0 amide bonds. The van der Waals surface area contributed by atoms with Crippen LogP contribution in [-0.2, 0) is 9.31 Å². The van der Waals surface area contributed by atoms with Crippen molar-refractivity contribution in [1.29, 1.82) is 0 Å². The van der Waals surface area contributed by atoms with Crippen LogP contribution < -0.4 is 5.46 Å². The zero-order valence-corrected chi connectivity index (χ0v) is 13.8. The summed E-state index contributed by atoms with van der Waals surface area (Å²) in [7, 11) is -0.624. The Morgan fingerprint density at radius 3 is 2.09 bits per heavy atom. The summed E-state index contributed by atoms with van der Waals surface area (Å²) in [4.78, 5) is 0. The van der Waals surface area contributed by atoms with E-state index < -0.39 is 18.3 Å². The Hall–Kier alpha value is -1.85. The summed E-state index contributed by atoms with van der Waals surface area (Å²) in [5, 5.41) is 10.4.